The first-order valence-corrected chi connectivity index (χ1v) is 12.5. The van der Waals surface area contributed by atoms with E-state index >= 15 is 0 Å². The Bertz CT molecular complexity index is 571. The highest BCUT2D eigenvalue weighted by Crippen LogP contribution is 2.38. The number of hydrogen-bond acceptors (Lipinski definition) is 5. The Kier molecular flexibility index (Phi) is 22.1. The van der Waals surface area contributed by atoms with Crippen molar-refractivity contribution in [2.24, 2.45) is 17.2 Å². The molecule has 0 saturated heterocycles. The number of carbonyl (C=O) groups is 1. The fourth-order valence-corrected chi connectivity index (χ4v) is 4.16. The van der Waals surface area contributed by atoms with Crippen LogP contribution in [-0.2, 0) is 4.57 Å². The maximum atomic E-state index is 13.0. The van der Waals surface area contributed by atoms with Crippen LogP contribution in [0.2, 0.25) is 0 Å². The normalized spacial score (nSPS) is 10.5. The van der Waals surface area contributed by atoms with Gasteiger partial charge in [-0.15, -0.1) is 0 Å². The van der Waals surface area contributed by atoms with Crippen LogP contribution in [-0.4, -0.2) is 32.8 Å². The van der Waals surface area contributed by atoms with Gasteiger partial charge in [-0.05, 0) is 68.4 Å². The lowest BCUT2D eigenvalue weighted by Crippen LogP contribution is -2.10. The van der Waals surface area contributed by atoms with E-state index in [-0.39, 0.29) is 17.4 Å². The molecule has 0 amide bonds. The summed E-state index contributed by atoms with van der Waals surface area (Å²) in [5, 5.41) is 0. The van der Waals surface area contributed by atoms with E-state index in [1.165, 1.54) is 26.7 Å². The molecule has 1 unspecified atom stereocenters. The molecule has 0 aromatic heterocycles. The Labute approximate surface area is 187 Å². The second-order valence-electron chi connectivity index (χ2n) is 7.65. The van der Waals surface area contributed by atoms with E-state index in [1.54, 1.807) is 0 Å². The molecule has 6 N–H and O–H groups in total. The quantitative estimate of drug-likeness (QED) is 0.324. The van der Waals surface area contributed by atoms with E-state index in [2.05, 4.69) is 77.8 Å². The second-order valence-corrected chi connectivity index (χ2v) is 9.26. The Morgan fingerprint density at radius 3 is 1.50 bits per heavy atom. The summed E-state index contributed by atoms with van der Waals surface area (Å²) in [6, 6.07) is 4.31. The zero-order valence-electron chi connectivity index (χ0n) is 21.2. The summed E-state index contributed by atoms with van der Waals surface area (Å²) in [7, 11) is 2.67. The average Bonchev–Trinajstić information content (AvgIpc) is 2.76. The van der Waals surface area contributed by atoms with Gasteiger partial charge in [0.1, 0.15) is 0 Å². The van der Waals surface area contributed by atoms with Crippen LogP contribution in [0, 0.1) is 0 Å². The van der Waals surface area contributed by atoms with Crippen molar-refractivity contribution in [1.29, 1.82) is 0 Å². The van der Waals surface area contributed by atoms with Crippen molar-refractivity contribution in [1.82, 2.24) is 0 Å². The minimum absolute atomic E-state index is 0.135. The molecular weight excluding hydrogens is 393 g/mol. The smallest absolute Gasteiger partial charge is 0.333 e. The highest BCUT2D eigenvalue weighted by atomic mass is 31.1. The van der Waals surface area contributed by atoms with Gasteiger partial charge in [0.05, 0.1) is 5.56 Å². The van der Waals surface area contributed by atoms with Gasteiger partial charge in [-0.2, -0.15) is 0 Å². The number of benzene rings is 1. The van der Waals surface area contributed by atoms with Crippen LogP contribution in [0.25, 0.3) is 0 Å². The fourth-order valence-electron chi connectivity index (χ4n) is 2.93. The van der Waals surface area contributed by atoms with Crippen LogP contribution in [0.4, 0.5) is 0 Å². The van der Waals surface area contributed by atoms with Gasteiger partial charge in [-0.25, -0.2) is 4.79 Å². The molecule has 1 rings (SSSR count). The summed E-state index contributed by atoms with van der Waals surface area (Å²) in [5.41, 5.74) is 17.5. The van der Waals surface area contributed by atoms with Crippen molar-refractivity contribution in [2.75, 3.05) is 27.3 Å². The van der Waals surface area contributed by atoms with Crippen LogP contribution in [0.1, 0.15) is 113 Å². The van der Waals surface area contributed by atoms with Crippen LogP contribution in [0.5, 0.6) is 0 Å². The third-order valence-electron chi connectivity index (χ3n) is 4.54. The monoisotopic (exact) mass is 442 g/mol. The molecule has 0 aliphatic carbocycles. The highest BCUT2D eigenvalue weighted by molar-refractivity contribution is 7.64. The first kappa shape index (κ1) is 33.5. The van der Waals surface area contributed by atoms with Crippen molar-refractivity contribution in [3.63, 3.8) is 0 Å². The minimum atomic E-state index is -1.83. The van der Waals surface area contributed by atoms with Crippen molar-refractivity contribution >= 4 is 13.3 Å². The number of unbranched alkanes of at least 4 members (excludes halogenated alkanes) is 2. The zero-order chi connectivity index (χ0) is 24.4. The summed E-state index contributed by atoms with van der Waals surface area (Å²) in [5.74, 6) is 0.917. The van der Waals surface area contributed by atoms with Gasteiger partial charge in [0.15, 0.2) is 6.16 Å². The summed E-state index contributed by atoms with van der Waals surface area (Å²) in [6.07, 6.45) is 3.50. The summed E-state index contributed by atoms with van der Waals surface area (Å²) >= 11 is 0. The maximum absolute atomic E-state index is 13.0. The lowest BCUT2D eigenvalue weighted by atomic mass is 9.85. The largest absolute Gasteiger partial charge is 0.420 e. The molecule has 1 aromatic rings. The molecule has 0 spiro atoms. The molecule has 0 fully saturated rings. The van der Waals surface area contributed by atoms with Gasteiger partial charge in [0.2, 0.25) is 0 Å². The van der Waals surface area contributed by atoms with E-state index in [0.717, 1.165) is 36.0 Å². The van der Waals surface area contributed by atoms with Gasteiger partial charge >= 0.3 is 13.3 Å². The second kappa shape index (κ2) is 19.8. The van der Waals surface area contributed by atoms with Crippen molar-refractivity contribution in [3.8, 4) is 0 Å². The minimum Gasteiger partial charge on any atom is -0.333 e. The summed E-state index contributed by atoms with van der Waals surface area (Å²) < 4.78 is 12.6. The predicted octanol–water partition coefficient (Wildman–Crippen LogP) is 5.94. The molecule has 30 heavy (non-hydrogen) atoms. The van der Waals surface area contributed by atoms with Crippen molar-refractivity contribution < 1.29 is 9.36 Å². The van der Waals surface area contributed by atoms with E-state index in [1.807, 2.05) is 0 Å². The maximum Gasteiger partial charge on any atom is 0.420 e. The third kappa shape index (κ3) is 11.3. The number of hydrogen-bond donors (Lipinski definition) is 3. The first-order chi connectivity index (χ1) is 14.2. The molecule has 1 atom stereocenters. The van der Waals surface area contributed by atoms with Crippen molar-refractivity contribution in [3.05, 3.63) is 34.4 Å². The molecule has 6 heteroatoms. The highest BCUT2D eigenvalue weighted by Gasteiger charge is 2.34. The molecular formula is C24H49N3O2P+. The predicted molar refractivity (Wildman–Crippen MR) is 135 cm³/mol. The molecule has 0 radical (unpaired) electrons. The Balaban J connectivity index is -0.00000111. The van der Waals surface area contributed by atoms with Gasteiger partial charge in [-0.1, -0.05) is 71.6 Å². The van der Waals surface area contributed by atoms with Gasteiger partial charge in [0.25, 0.3) is 0 Å². The fraction of sp³-hybridized carbons (Fsp3) is 0.708. The van der Waals surface area contributed by atoms with E-state index in [0.29, 0.717) is 12.1 Å². The molecule has 0 bridgehead atoms. The van der Waals surface area contributed by atoms with Crippen LogP contribution < -0.4 is 17.2 Å². The van der Waals surface area contributed by atoms with Gasteiger partial charge in [-0.3, -0.25) is 0 Å². The third-order valence-corrected chi connectivity index (χ3v) is 5.94. The Morgan fingerprint density at radius 1 is 0.800 bits per heavy atom. The van der Waals surface area contributed by atoms with E-state index < -0.39 is 7.80 Å². The van der Waals surface area contributed by atoms with Crippen LogP contribution in [0.3, 0.4) is 0 Å². The SMILES string of the molecule is CCCCC[P+](=O)C(=O)c1c(C(C)C)cc(C(C)C)cc1C(C)C.CN.CN.CN. The molecule has 0 heterocycles. The number of carbonyl (C=O) groups excluding carboxylic acids is 1. The molecule has 0 aliphatic heterocycles. The van der Waals surface area contributed by atoms with Crippen LogP contribution in [0.15, 0.2) is 12.1 Å². The zero-order valence-corrected chi connectivity index (χ0v) is 22.1. The number of rotatable bonds is 9. The molecule has 176 valence electrons. The molecule has 1 aromatic carbocycles. The van der Waals surface area contributed by atoms with Crippen molar-refractivity contribution in [2.45, 2.75) is 85.5 Å². The average molecular weight is 443 g/mol. The van der Waals surface area contributed by atoms with E-state index in [4.69, 9.17) is 0 Å². The van der Waals surface area contributed by atoms with E-state index in [9.17, 15) is 9.36 Å². The van der Waals surface area contributed by atoms with Crippen LogP contribution >= 0.6 is 7.80 Å². The number of nitrogens with two attached hydrogens (primary N) is 3. The summed E-state index contributed by atoms with van der Waals surface area (Å²) in [4.78, 5) is 13.0. The van der Waals surface area contributed by atoms with Gasteiger partial charge < -0.3 is 17.2 Å². The molecule has 0 saturated carbocycles. The topological polar surface area (TPSA) is 112 Å². The molecule has 0 aliphatic rings. The first-order valence-electron chi connectivity index (χ1n) is 11.1. The Hall–Kier alpha value is -1.13. The summed E-state index contributed by atoms with van der Waals surface area (Å²) in [6.45, 7) is 14.9. The lowest BCUT2D eigenvalue weighted by molar-refractivity contribution is 0.107. The lowest BCUT2D eigenvalue weighted by Gasteiger charge is -2.19. The van der Waals surface area contributed by atoms with Gasteiger partial charge in [0, 0.05) is 0 Å². The Morgan fingerprint density at radius 2 is 1.20 bits per heavy atom. The molecule has 5 nitrogen and oxygen atoms in total. The standard InChI is InChI=1S/C21H34O2P.3CH5N/c1-8-9-10-11-24(23)21(22)20-18(15(4)5)12-17(14(2)3)13-19(20)16(6)7;3*1-2/h12-16H,8-11H2,1-7H3;3*2H2,1H3/q+1;;;.